The molecule has 3 rings (SSSR count). The Kier molecular flexibility index (Phi) is 1.67. The molecule has 0 spiro atoms. The van der Waals surface area contributed by atoms with Gasteiger partial charge in [-0.1, -0.05) is 22.6 Å². The van der Waals surface area contributed by atoms with Crippen LogP contribution in [0.4, 0.5) is 0 Å². The van der Waals surface area contributed by atoms with Crippen LogP contribution in [0.3, 0.4) is 0 Å². The van der Waals surface area contributed by atoms with Crippen LogP contribution in [0.2, 0.25) is 0 Å². The van der Waals surface area contributed by atoms with E-state index in [0.717, 1.165) is 12.8 Å². The van der Waals surface area contributed by atoms with Gasteiger partial charge in [-0.3, -0.25) is 4.79 Å². The highest BCUT2D eigenvalue weighted by atomic mass is 127. The third-order valence-corrected chi connectivity index (χ3v) is 4.84. The first-order chi connectivity index (χ1) is 5.13. The zero-order valence-electron chi connectivity index (χ0n) is 6.64. The standard InChI is InChI=1S/C8H12INO/c1-10-7(11)6-2-4-8(10,9)5-3-6/h6H,2-5H2,1H3. The average Bonchev–Trinajstić information content (AvgIpc) is 2.01. The van der Waals surface area contributed by atoms with E-state index in [1.54, 1.807) is 0 Å². The average molecular weight is 265 g/mol. The number of hydrogen-bond acceptors (Lipinski definition) is 1. The minimum atomic E-state index is 0.170. The molecule has 0 aromatic heterocycles. The Bertz CT molecular complexity index is 196. The molecular formula is C8H12INO. The molecule has 11 heavy (non-hydrogen) atoms. The summed E-state index contributed by atoms with van der Waals surface area (Å²) >= 11 is 2.44. The van der Waals surface area contributed by atoms with Crippen LogP contribution >= 0.6 is 22.6 Å². The van der Waals surface area contributed by atoms with Crippen LogP contribution in [0.25, 0.3) is 0 Å². The number of carbonyl (C=O) groups is 1. The molecule has 1 aliphatic carbocycles. The zero-order valence-corrected chi connectivity index (χ0v) is 8.80. The van der Waals surface area contributed by atoms with E-state index in [1.807, 2.05) is 11.9 Å². The number of nitrogens with zero attached hydrogens (tertiary/aromatic N) is 1. The van der Waals surface area contributed by atoms with Gasteiger partial charge in [-0.15, -0.1) is 0 Å². The van der Waals surface area contributed by atoms with Crippen molar-refractivity contribution in [1.82, 2.24) is 4.90 Å². The fourth-order valence-electron chi connectivity index (χ4n) is 2.11. The molecule has 0 atom stereocenters. The highest BCUT2D eigenvalue weighted by Crippen LogP contribution is 2.46. The maximum Gasteiger partial charge on any atom is 0.226 e. The molecule has 1 amide bonds. The predicted octanol–water partition coefficient (Wildman–Crippen LogP) is 1.78. The van der Waals surface area contributed by atoms with Crippen molar-refractivity contribution in [2.24, 2.45) is 5.92 Å². The van der Waals surface area contributed by atoms with Crippen LogP contribution in [0.5, 0.6) is 0 Å². The molecule has 0 aromatic carbocycles. The minimum Gasteiger partial charge on any atom is -0.331 e. The molecule has 2 bridgehead atoms. The second-order valence-corrected chi connectivity index (χ2v) is 5.60. The molecule has 2 nitrogen and oxygen atoms in total. The van der Waals surface area contributed by atoms with E-state index in [2.05, 4.69) is 22.6 Å². The molecule has 3 heteroatoms. The first-order valence-electron chi connectivity index (χ1n) is 4.10. The largest absolute Gasteiger partial charge is 0.331 e. The highest BCUT2D eigenvalue weighted by Gasteiger charge is 2.47. The van der Waals surface area contributed by atoms with E-state index in [1.165, 1.54) is 12.8 Å². The maximum absolute atomic E-state index is 11.5. The zero-order chi connectivity index (χ0) is 8.06. The van der Waals surface area contributed by atoms with Crippen molar-refractivity contribution in [2.45, 2.75) is 29.2 Å². The van der Waals surface area contributed by atoms with Crippen molar-refractivity contribution in [3.63, 3.8) is 0 Å². The third kappa shape index (κ3) is 0.999. The van der Waals surface area contributed by atoms with Crippen molar-refractivity contribution >= 4 is 28.5 Å². The topological polar surface area (TPSA) is 20.3 Å². The van der Waals surface area contributed by atoms with Gasteiger partial charge < -0.3 is 4.90 Å². The smallest absolute Gasteiger partial charge is 0.226 e. The second kappa shape index (κ2) is 2.34. The third-order valence-electron chi connectivity index (χ3n) is 3.03. The van der Waals surface area contributed by atoms with Crippen molar-refractivity contribution in [1.29, 1.82) is 0 Å². The van der Waals surface area contributed by atoms with Gasteiger partial charge in [0.1, 0.15) is 0 Å². The molecule has 0 N–H and O–H groups in total. The molecule has 3 aliphatic rings. The van der Waals surface area contributed by atoms with Crippen molar-refractivity contribution in [2.75, 3.05) is 7.05 Å². The van der Waals surface area contributed by atoms with Gasteiger partial charge in [0.2, 0.25) is 5.91 Å². The summed E-state index contributed by atoms with van der Waals surface area (Å²) in [7, 11) is 1.94. The van der Waals surface area contributed by atoms with Crippen molar-refractivity contribution < 1.29 is 4.79 Å². The Morgan fingerprint density at radius 3 is 2.45 bits per heavy atom. The fraction of sp³-hybridized carbons (Fsp3) is 0.875. The van der Waals surface area contributed by atoms with E-state index in [4.69, 9.17) is 0 Å². The maximum atomic E-state index is 11.5. The van der Waals surface area contributed by atoms with Crippen LogP contribution in [-0.2, 0) is 4.79 Å². The second-order valence-electron chi connectivity index (χ2n) is 3.59. The summed E-state index contributed by atoms with van der Waals surface area (Å²) in [6.07, 6.45) is 4.62. The van der Waals surface area contributed by atoms with Crippen LogP contribution in [-0.4, -0.2) is 21.4 Å². The molecule has 0 unspecified atom stereocenters. The number of fused-ring (bicyclic) bond motifs is 3. The van der Waals surface area contributed by atoms with Gasteiger partial charge in [0, 0.05) is 13.0 Å². The lowest BCUT2D eigenvalue weighted by molar-refractivity contribution is -0.145. The van der Waals surface area contributed by atoms with Gasteiger partial charge in [0.15, 0.2) is 0 Å². The molecular weight excluding hydrogens is 253 g/mol. The highest BCUT2D eigenvalue weighted by molar-refractivity contribution is 14.1. The molecule has 2 saturated heterocycles. The molecule has 62 valence electrons. The monoisotopic (exact) mass is 265 g/mol. The predicted molar refractivity (Wildman–Crippen MR) is 51.5 cm³/mol. The summed E-state index contributed by atoms with van der Waals surface area (Å²) in [5, 5.41) is 0. The van der Waals surface area contributed by atoms with Crippen LogP contribution in [0.15, 0.2) is 0 Å². The molecule has 1 saturated carbocycles. The minimum absolute atomic E-state index is 0.170. The number of alkyl halides is 1. The first kappa shape index (κ1) is 7.83. The van der Waals surface area contributed by atoms with Crippen molar-refractivity contribution in [3.05, 3.63) is 0 Å². The number of amides is 1. The summed E-state index contributed by atoms with van der Waals surface area (Å²) < 4.78 is 0.170. The molecule has 3 fully saturated rings. The van der Waals surface area contributed by atoms with Gasteiger partial charge in [-0.05, 0) is 25.7 Å². The molecule has 2 heterocycles. The first-order valence-corrected chi connectivity index (χ1v) is 5.18. The van der Waals surface area contributed by atoms with Gasteiger partial charge in [0.25, 0.3) is 0 Å². The summed E-state index contributed by atoms with van der Waals surface area (Å²) in [4.78, 5) is 13.5. The summed E-state index contributed by atoms with van der Waals surface area (Å²) in [5.74, 6) is 0.730. The summed E-state index contributed by atoms with van der Waals surface area (Å²) in [6.45, 7) is 0. The Morgan fingerprint density at radius 1 is 1.55 bits per heavy atom. The van der Waals surface area contributed by atoms with Crippen LogP contribution < -0.4 is 0 Å². The molecule has 0 radical (unpaired) electrons. The quantitative estimate of drug-likeness (QED) is 0.371. The number of hydrogen-bond donors (Lipinski definition) is 0. The number of rotatable bonds is 0. The summed E-state index contributed by atoms with van der Waals surface area (Å²) in [5.41, 5.74) is 0. The van der Waals surface area contributed by atoms with E-state index in [-0.39, 0.29) is 3.55 Å². The lowest BCUT2D eigenvalue weighted by atomic mass is 9.79. The van der Waals surface area contributed by atoms with Crippen molar-refractivity contribution in [3.8, 4) is 0 Å². The van der Waals surface area contributed by atoms with E-state index >= 15 is 0 Å². The Balaban J connectivity index is 2.30. The Hall–Kier alpha value is 0.200. The number of carbonyl (C=O) groups excluding carboxylic acids is 1. The lowest BCUT2D eigenvalue weighted by Gasteiger charge is -2.49. The van der Waals surface area contributed by atoms with Gasteiger partial charge in [0.05, 0.1) is 3.55 Å². The fourth-order valence-corrected chi connectivity index (χ4v) is 2.97. The van der Waals surface area contributed by atoms with Crippen LogP contribution in [0.1, 0.15) is 25.7 Å². The van der Waals surface area contributed by atoms with Gasteiger partial charge in [-0.25, -0.2) is 0 Å². The molecule has 0 aromatic rings. The SMILES string of the molecule is CN1C(=O)C2CCC1(I)CC2. The van der Waals surface area contributed by atoms with Crippen LogP contribution in [0, 0.1) is 5.92 Å². The van der Waals surface area contributed by atoms with E-state index < -0.39 is 0 Å². The number of piperidine rings is 2. The lowest BCUT2D eigenvalue weighted by Crippen LogP contribution is -2.55. The van der Waals surface area contributed by atoms with E-state index in [0.29, 0.717) is 11.8 Å². The van der Waals surface area contributed by atoms with Gasteiger partial charge >= 0.3 is 0 Å². The molecule has 2 aliphatic heterocycles. The Labute approximate surface area is 80.5 Å². The van der Waals surface area contributed by atoms with Gasteiger partial charge in [-0.2, -0.15) is 0 Å². The summed E-state index contributed by atoms with van der Waals surface area (Å²) in [6, 6.07) is 0. The normalized spacial score (nSPS) is 43.3. The Morgan fingerprint density at radius 2 is 2.09 bits per heavy atom. The number of halogens is 1. The van der Waals surface area contributed by atoms with E-state index in [9.17, 15) is 4.79 Å².